The molecule has 178 valence electrons. The number of carbonyl (C=O) groups is 1. The third kappa shape index (κ3) is 5.96. The number of aliphatic hydroxyl groups is 1. The van der Waals surface area contributed by atoms with E-state index in [1.54, 1.807) is 35.8 Å². The second-order valence-electron chi connectivity index (χ2n) is 8.98. The summed E-state index contributed by atoms with van der Waals surface area (Å²) < 4.78 is 5.48. The van der Waals surface area contributed by atoms with E-state index in [2.05, 4.69) is 25.2 Å². The number of aromatic nitrogens is 4. The van der Waals surface area contributed by atoms with Gasteiger partial charge < -0.3 is 25.0 Å². The Hall–Kier alpha value is -3.79. The molecule has 1 saturated heterocycles. The molecule has 3 aromatic rings. The fourth-order valence-corrected chi connectivity index (χ4v) is 3.58. The minimum Gasteiger partial charge on any atom is -0.444 e. The van der Waals surface area contributed by atoms with Crippen LogP contribution in [-0.2, 0) is 11.3 Å². The maximum Gasteiger partial charge on any atom is 0.410 e. The molecule has 0 bridgehead atoms. The zero-order chi connectivity index (χ0) is 24.1. The number of aliphatic hydroxyl groups excluding tert-OH is 1. The quantitative estimate of drug-likeness (QED) is 0.588. The van der Waals surface area contributed by atoms with E-state index in [-0.39, 0.29) is 12.7 Å². The first-order valence-electron chi connectivity index (χ1n) is 11.1. The lowest BCUT2D eigenvalue weighted by atomic mass is 10.1. The summed E-state index contributed by atoms with van der Waals surface area (Å²) in [5.74, 6) is 1.93. The Kier molecular flexibility index (Phi) is 6.87. The zero-order valence-electron chi connectivity index (χ0n) is 19.6. The highest BCUT2D eigenvalue weighted by atomic mass is 16.6. The molecule has 1 fully saturated rings. The van der Waals surface area contributed by atoms with Crippen LogP contribution in [0, 0.1) is 0 Å². The van der Waals surface area contributed by atoms with Crippen LogP contribution < -0.4 is 10.2 Å². The first-order valence-corrected chi connectivity index (χ1v) is 11.1. The summed E-state index contributed by atoms with van der Waals surface area (Å²) in [7, 11) is 0. The monoisotopic (exact) mass is 463 g/mol. The maximum atomic E-state index is 12.3. The fraction of sp³-hybridized carbons (Fsp3) is 0.375. The van der Waals surface area contributed by atoms with Crippen molar-refractivity contribution in [3.63, 3.8) is 0 Å². The molecule has 10 heteroatoms. The van der Waals surface area contributed by atoms with E-state index in [4.69, 9.17) is 9.72 Å². The SMILES string of the molecule is CC(C)(C)OC(=O)N1CCN(c2cc(-c3cc(CO)cc(Nc4cnccn4)n3)ccn2)CC1. The van der Waals surface area contributed by atoms with Gasteiger partial charge >= 0.3 is 6.09 Å². The summed E-state index contributed by atoms with van der Waals surface area (Å²) >= 11 is 0. The average Bonchev–Trinajstić information content (AvgIpc) is 2.83. The number of pyridine rings is 2. The molecular formula is C24H29N7O3. The van der Waals surface area contributed by atoms with Gasteiger partial charge in [-0.05, 0) is 50.6 Å². The van der Waals surface area contributed by atoms with Crippen LogP contribution in [0.15, 0.2) is 49.1 Å². The number of ether oxygens (including phenoxy) is 1. The van der Waals surface area contributed by atoms with Crippen LogP contribution >= 0.6 is 0 Å². The molecule has 0 aromatic carbocycles. The van der Waals surface area contributed by atoms with Crippen molar-refractivity contribution in [2.24, 2.45) is 0 Å². The Morgan fingerprint density at radius 3 is 2.53 bits per heavy atom. The summed E-state index contributed by atoms with van der Waals surface area (Å²) in [6, 6.07) is 7.48. The minimum absolute atomic E-state index is 0.116. The highest BCUT2D eigenvalue weighted by Crippen LogP contribution is 2.26. The molecule has 0 aliphatic carbocycles. The van der Waals surface area contributed by atoms with Gasteiger partial charge in [-0.3, -0.25) is 4.98 Å². The average molecular weight is 464 g/mol. The third-order valence-electron chi connectivity index (χ3n) is 5.18. The molecule has 1 aliphatic rings. The van der Waals surface area contributed by atoms with Gasteiger partial charge in [0.05, 0.1) is 18.5 Å². The highest BCUT2D eigenvalue weighted by Gasteiger charge is 2.26. The maximum absolute atomic E-state index is 12.3. The lowest BCUT2D eigenvalue weighted by molar-refractivity contribution is 0.0240. The molecule has 4 heterocycles. The number of rotatable bonds is 5. The van der Waals surface area contributed by atoms with Crippen molar-refractivity contribution < 1.29 is 14.6 Å². The molecule has 10 nitrogen and oxygen atoms in total. The molecule has 0 spiro atoms. The Morgan fingerprint density at radius 1 is 1.06 bits per heavy atom. The summed E-state index contributed by atoms with van der Waals surface area (Å²) in [5, 5.41) is 12.9. The van der Waals surface area contributed by atoms with Crippen molar-refractivity contribution in [2.45, 2.75) is 33.0 Å². The first-order chi connectivity index (χ1) is 16.3. The number of carbonyl (C=O) groups excluding carboxylic acids is 1. The van der Waals surface area contributed by atoms with Crippen molar-refractivity contribution in [3.8, 4) is 11.3 Å². The smallest absolute Gasteiger partial charge is 0.410 e. The Morgan fingerprint density at radius 2 is 1.85 bits per heavy atom. The Bertz CT molecular complexity index is 1130. The molecule has 1 aliphatic heterocycles. The molecule has 0 atom stereocenters. The van der Waals surface area contributed by atoms with Gasteiger partial charge in [-0.2, -0.15) is 0 Å². The van der Waals surface area contributed by atoms with Crippen molar-refractivity contribution in [3.05, 3.63) is 54.6 Å². The van der Waals surface area contributed by atoms with Gasteiger partial charge in [0.15, 0.2) is 0 Å². The molecule has 0 radical (unpaired) electrons. The van der Waals surface area contributed by atoms with E-state index in [9.17, 15) is 9.90 Å². The largest absolute Gasteiger partial charge is 0.444 e. The van der Waals surface area contributed by atoms with E-state index < -0.39 is 5.60 Å². The van der Waals surface area contributed by atoms with Crippen molar-refractivity contribution in [1.29, 1.82) is 0 Å². The first kappa shape index (κ1) is 23.4. The molecule has 0 unspecified atom stereocenters. The lowest BCUT2D eigenvalue weighted by Gasteiger charge is -2.36. The van der Waals surface area contributed by atoms with Crippen LogP contribution in [0.1, 0.15) is 26.3 Å². The normalized spacial score (nSPS) is 14.1. The lowest BCUT2D eigenvalue weighted by Crippen LogP contribution is -2.50. The van der Waals surface area contributed by atoms with E-state index >= 15 is 0 Å². The van der Waals surface area contributed by atoms with Gasteiger partial charge in [-0.15, -0.1) is 0 Å². The molecule has 1 amide bonds. The predicted molar refractivity (Wildman–Crippen MR) is 129 cm³/mol. The second-order valence-corrected chi connectivity index (χ2v) is 8.98. The van der Waals surface area contributed by atoms with Crippen LogP contribution in [-0.4, -0.2) is 67.8 Å². The minimum atomic E-state index is -0.513. The van der Waals surface area contributed by atoms with Gasteiger partial charge in [-0.1, -0.05) is 0 Å². The van der Waals surface area contributed by atoms with E-state index in [0.717, 1.165) is 16.9 Å². The molecule has 34 heavy (non-hydrogen) atoms. The van der Waals surface area contributed by atoms with Crippen LogP contribution in [0.4, 0.5) is 22.2 Å². The predicted octanol–water partition coefficient (Wildman–Crippen LogP) is 3.23. The molecule has 4 rings (SSSR count). The summed E-state index contributed by atoms with van der Waals surface area (Å²) in [6.07, 6.45) is 6.25. The standard InChI is InChI=1S/C24H29N7O3/c1-24(2,3)34-23(33)31-10-8-30(9-11-31)22-14-18(4-5-27-22)19-12-17(16-32)13-20(28-19)29-21-15-25-6-7-26-21/h4-7,12-15,32H,8-11,16H2,1-3H3,(H,26,28,29). The Balaban J connectivity index is 1.49. The van der Waals surface area contributed by atoms with Crippen molar-refractivity contribution >= 4 is 23.5 Å². The van der Waals surface area contributed by atoms with Gasteiger partial charge in [0.1, 0.15) is 23.1 Å². The number of nitrogens with one attached hydrogen (secondary N) is 1. The molecule has 3 aromatic heterocycles. The van der Waals surface area contributed by atoms with Crippen LogP contribution in [0.2, 0.25) is 0 Å². The zero-order valence-corrected chi connectivity index (χ0v) is 19.6. The number of nitrogens with zero attached hydrogens (tertiary/aromatic N) is 6. The van der Waals surface area contributed by atoms with Gasteiger partial charge in [0.25, 0.3) is 0 Å². The van der Waals surface area contributed by atoms with Crippen LogP contribution in [0.5, 0.6) is 0 Å². The second kappa shape index (κ2) is 10.0. The van der Waals surface area contributed by atoms with Crippen molar-refractivity contribution in [1.82, 2.24) is 24.8 Å². The highest BCUT2D eigenvalue weighted by molar-refractivity contribution is 5.69. The molecular weight excluding hydrogens is 434 g/mol. The van der Waals surface area contributed by atoms with E-state index in [0.29, 0.717) is 43.5 Å². The Labute approximate surface area is 198 Å². The van der Waals surface area contributed by atoms with E-state index in [1.165, 1.54) is 0 Å². The number of piperazine rings is 1. The van der Waals surface area contributed by atoms with Crippen LogP contribution in [0.25, 0.3) is 11.3 Å². The van der Waals surface area contributed by atoms with E-state index in [1.807, 2.05) is 39.0 Å². The number of anilines is 3. The van der Waals surface area contributed by atoms with Gasteiger partial charge in [0.2, 0.25) is 0 Å². The topological polar surface area (TPSA) is 117 Å². The molecule has 2 N–H and O–H groups in total. The number of amides is 1. The summed E-state index contributed by atoms with van der Waals surface area (Å²) in [5.41, 5.74) is 1.79. The molecule has 0 saturated carbocycles. The number of hydrogen-bond acceptors (Lipinski definition) is 9. The van der Waals surface area contributed by atoms with Crippen LogP contribution in [0.3, 0.4) is 0 Å². The number of hydrogen-bond donors (Lipinski definition) is 2. The van der Waals surface area contributed by atoms with Gasteiger partial charge in [0, 0.05) is 50.3 Å². The summed E-state index contributed by atoms with van der Waals surface area (Å²) in [4.78, 5) is 33.7. The van der Waals surface area contributed by atoms with Crippen molar-refractivity contribution in [2.75, 3.05) is 36.4 Å². The summed E-state index contributed by atoms with van der Waals surface area (Å²) in [6.45, 7) is 7.91. The van der Waals surface area contributed by atoms with Gasteiger partial charge in [-0.25, -0.2) is 19.7 Å². The fourth-order valence-electron chi connectivity index (χ4n) is 3.58. The third-order valence-corrected chi connectivity index (χ3v) is 5.18.